The molecule has 1 heterocycles. The summed E-state index contributed by atoms with van der Waals surface area (Å²) in [5.41, 5.74) is 36.4. The quantitative estimate of drug-likeness (QED) is 0.0735. The first-order valence-corrected chi connectivity index (χ1v) is 16.0. The Morgan fingerprint density at radius 2 is 0.981 bits per heavy atom. The van der Waals surface area contributed by atoms with Gasteiger partial charge in [-0.1, -0.05) is 34.1 Å². The number of aromatic amines is 1. The summed E-state index contributed by atoms with van der Waals surface area (Å²) in [4.78, 5) is 66.4. The lowest BCUT2D eigenvalue weighted by molar-refractivity contribution is -0.140. The van der Waals surface area contributed by atoms with Crippen LogP contribution in [0.25, 0.3) is 0 Å². The smallest absolute Gasteiger partial charge is 0.322 e. The topological polar surface area (TPSA) is 455 Å². The molecule has 52 heavy (non-hydrogen) atoms. The van der Waals surface area contributed by atoms with Crippen molar-refractivity contribution in [3.05, 3.63) is 18.2 Å². The number of nitrogens with two attached hydrogens (primary N) is 7. The monoisotopic (exact) mass is 757 g/mol. The first-order valence-electron chi connectivity index (χ1n) is 16.0. The van der Waals surface area contributed by atoms with Gasteiger partial charge in [-0.2, -0.15) is 0 Å². The molecule has 0 aliphatic heterocycles. The fourth-order valence-electron chi connectivity index (χ4n) is 2.64. The van der Waals surface area contributed by atoms with E-state index in [-0.39, 0.29) is 6.42 Å². The molecular formula is C30H63N9O13. The van der Waals surface area contributed by atoms with Crippen molar-refractivity contribution in [1.82, 2.24) is 9.97 Å². The van der Waals surface area contributed by atoms with Gasteiger partial charge in [0.05, 0.1) is 18.6 Å². The standard InChI is InChI=1S/C6H9N3O2.C6H14N2O2.2C6H13NO2.C3H7NO3.C3H7NO2/c7-5(6(10)11)1-4-2-8-3-9-4;7-4-2-1-3-5(8)6(9)10;2*1-4(2)3-5(7)6(8)9;4-2(1-5)3(6)7;1-2(4)3(5)6/h2-3,5H,1,7H2,(H,8,9)(H,10,11);5H,1-4,7-8H2,(H,9,10);2*4-5H,3,7H2,1-2H3,(H,8,9);2,5H,1,4H2,(H,6,7);2H,4H2,1H3,(H,5,6)/t4*5-;2*2-/m000011/s1. The summed E-state index contributed by atoms with van der Waals surface area (Å²) < 4.78 is 0. The van der Waals surface area contributed by atoms with E-state index in [0.717, 1.165) is 12.8 Å². The van der Waals surface area contributed by atoms with Crippen molar-refractivity contribution < 1.29 is 64.5 Å². The molecule has 0 aliphatic carbocycles. The molecule has 0 radical (unpaired) electrons. The van der Waals surface area contributed by atoms with E-state index < -0.39 is 78.7 Å². The van der Waals surface area contributed by atoms with Crippen molar-refractivity contribution in [3.63, 3.8) is 0 Å². The van der Waals surface area contributed by atoms with Crippen LogP contribution in [0.5, 0.6) is 0 Å². The van der Waals surface area contributed by atoms with Crippen molar-refractivity contribution in [1.29, 1.82) is 0 Å². The zero-order valence-corrected chi connectivity index (χ0v) is 30.5. The van der Waals surface area contributed by atoms with Crippen molar-refractivity contribution in [3.8, 4) is 0 Å². The van der Waals surface area contributed by atoms with Crippen LogP contribution >= 0.6 is 0 Å². The van der Waals surface area contributed by atoms with Gasteiger partial charge in [0.1, 0.15) is 36.3 Å². The highest BCUT2D eigenvalue weighted by Gasteiger charge is 2.14. The Kier molecular flexibility index (Phi) is 38.5. The molecule has 22 nitrogen and oxygen atoms in total. The van der Waals surface area contributed by atoms with Crippen LogP contribution in [-0.2, 0) is 35.2 Å². The number of aliphatic hydroxyl groups is 1. The Morgan fingerprint density at radius 3 is 1.17 bits per heavy atom. The van der Waals surface area contributed by atoms with E-state index in [4.69, 9.17) is 75.9 Å². The molecule has 0 saturated carbocycles. The molecule has 0 aromatic carbocycles. The van der Waals surface area contributed by atoms with Crippen LogP contribution in [0.3, 0.4) is 0 Å². The van der Waals surface area contributed by atoms with E-state index in [0.29, 0.717) is 43.3 Å². The van der Waals surface area contributed by atoms with Gasteiger partial charge in [0, 0.05) is 12.6 Å². The van der Waals surface area contributed by atoms with E-state index in [9.17, 15) is 28.8 Å². The summed E-state index contributed by atoms with van der Waals surface area (Å²) in [6.45, 7) is 9.31. The van der Waals surface area contributed by atoms with Gasteiger partial charge in [-0.05, 0) is 51.0 Å². The third kappa shape index (κ3) is 43.7. The lowest BCUT2D eigenvalue weighted by Gasteiger charge is -2.07. The second kappa shape index (κ2) is 35.1. The number of nitrogens with one attached hydrogen (secondary N) is 1. The predicted molar refractivity (Wildman–Crippen MR) is 191 cm³/mol. The molecule has 0 unspecified atom stereocenters. The van der Waals surface area contributed by atoms with E-state index in [1.165, 1.54) is 13.3 Å². The van der Waals surface area contributed by atoms with Crippen molar-refractivity contribution in [2.45, 2.75) is 109 Å². The third-order valence-corrected chi connectivity index (χ3v) is 5.58. The van der Waals surface area contributed by atoms with Gasteiger partial charge in [0.25, 0.3) is 0 Å². The lowest BCUT2D eigenvalue weighted by atomic mass is 10.1. The summed E-state index contributed by atoms with van der Waals surface area (Å²) in [6.07, 6.45) is 6.65. The Balaban J connectivity index is -0.000000172. The average molecular weight is 758 g/mol. The van der Waals surface area contributed by atoms with Gasteiger partial charge in [0.2, 0.25) is 0 Å². The Labute approximate surface area is 303 Å². The van der Waals surface area contributed by atoms with Gasteiger partial charge in [-0.15, -0.1) is 0 Å². The van der Waals surface area contributed by atoms with Gasteiger partial charge >= 0.3 is 35.8 Å². The number of hydrogen-bond acceptors (Lipinski definition) is 15. The summed E-state index contributed by atoms with van der Waals surface area (Å²) in [5.74, 6) is -5.19. The molecule has 0 spiro atoms. The number of hydrogen-bond donors (Lipinski definition) is 15. The molecule has 0 fully saturated rings. The maximum Gasteiger partial charge on any atom is 0.322 e. The van der Waals surface area contributed by atoms with E-state index in [1.54, 1.807) is 6.20 Å². The van der Waals surface area contributed by atoms with E-state index in [2.05, 4.69) is 9.97 Å². The van der Waals surface area contributed by atoms with Gasteiger partial charge in [-0.25, -0.2) is 4.98 Å². The molecule has 1 aromatic heterocycles. The lowest BCUT2D eigenvalue weighted by Crippen LogP contribution is -2.33. The number of carbonyl (C=O) groups is 6. The van der Waals surface area contributed by atoms with Crippen molar-refractivity contribution >= 4 is 35.8 Å². The molecule has 0 saturated heterocycles. The number of rotatable bonds is 17. The van der Waals surface area contributed by atoms with Crippen LogP contribution in [0, 0.1) is 11.8 Å². The molecule has 306 valence electrons. The SMILES string of the molecule is CC(C)C[C@H](N)C(=O)O.CC(C)C[C@H](N)C(=O)O.C[C@@H](N)C(=O)O.NCCCC[C@H](N)C(=O)O.N[C@@H](Cc1c[nH]cn1)C(=O)O.N[C@H](CO)C(=O)O. The number of aliphatic carboxylic acids is 6. The predicted octanol–water partition coefficient (Wildman–Crippen LogP) is -2.41. The number of aliphatic hydroxyl groups excluding tert-OH is 1. The fraction of sp³-hybridized carbons (Fsp3) is 0.700. The minimum Gasteiger partial charge on any atom is -0.480 e. The van der Waals surface area contributed by atoms with Crippen LogP contribution in [0.2, 0.25) is 0 Å². The van der Waals surface area contributed by atoms with Gasteiger partial charge in [-0.3, -0.25) is 28.8 Å². The van der Waals surface area contributed by atoms with Crippen LogP contribution < -0.4 is 40.1 Å². The number of H-pyrrole nitrogens is 1. The minimum absolute atomic E-state index is 0.263. The highest BCUT2D eigenvalue weighted by molar-refractivity contribution is 5.74. The highest BCUT2D eigenvalue weighted by Crippen LogP contribution is 2.02. The van der Waals surface area contributed by atoms with Gasteiger partial charge < -0.3 is 80.9 Å². The second-order valence-corrected chi connectivity index (χ2v) is 11.8. The number of imidazole rings is 1. The fourth-order valence-corrected chi connectivity index (χ4v) is 2.64. The van der Waals surface area contributed by atoms with Crippen LogP contribution in [0.4, 0.5) is 0 Å². The largest absolute Gasteiger partial charge is 0.480 e. The summed E-state index contributed by atoms with van der Waals surface area (Å²) in [6, 6.07) is -4.81. The maximum absolute atomic E-state index is 10.3. The molecule has 0 bridgehead atoms. The first kappa shape index (κ1) is 57.1. The maximum atomic E-state index is 10.3. The number of carboxylic acids is 6. The van der Waals surface area contributed by atoms with E-state index >= 15 is 0 Å². The third-order valence-electron chi connectivity index (χ3n) is 5.58. The molecule has 0 aliphatic rings. The zero-order valence-electron chi connectivity index (χ0n) is 30.5. The van der Waals surface area contributed by atoms with Crippen LogP contribution in [-0.4, -0.2) is 131 Å². The number of nitrogens with zero attached hydrogens (tertiary/aromatic N) is 1. The van der Waals surface area contributed by atoms with Crippen molar-refractivity contribution in [2.75, 3.05) is 13.2 Å². The molecule has 6 atom stereocenters. The molecule has 1 rings (SSSR count). The van der Waals surface area contributed by atoms with Crippen LogP contribution in [0.1, 0.15) is 72.4 Å². The number of carboxylic acid groups (broad SMARTS) is 6. The Morgan fingerprint density at radius 1 is 0.615 bits per heavy atom. The minimum atomic E-state index is -1.18. The normalized spacial score (nSPS) is 13.4. The Hall–Kier alpha value is -4.29. The second-order valence-electron chi connectivity index (χ2n) is 11.8. The summed E-state index contributed by atoms with van der Waals surface area (Å²) >= 11 is 0. The van der Waals surface area contributed by atoms with Crippen LogP contribution in [0.15, 0.2) is 12.5 Å². The molecule has 1 aromatic rings. The van der Waals surface area contributed by atoms with Gasteiger partial charge in [0.15, 0.2) is 0 Å². The molecule has 22 N–H and O–H groups in total. The zero-order chi connectivity index (χ0) is 42.1. The van der Waals surface area contributed by atoms with E-state index in [1.807, 2.05) is 27.7 Å². The average Bonchev–Trinajstić information content (AvgIpc) is 3.54. The number of unbranched alkanes of at least 4 members (excludes halogenated alkanes) is 1. The molecule has 0 amide bonds. The summed E-state index contributed by atoms with van der Waals surface area (Å²) in [7, 11) is 0. The Bertz CT molecular complexity index is 1070. The molecule has 22 heteroatoms. The first-order chi connectivity index (χ1) is 23.8. The van der Waals surface area contributed by atoms with Crippen molar-refractivity contribution in [2.24, 2.45) is 52.0 Å². The molecular weight excluding hydrogens is 694 g/mol. The number of aromatic nitrogens is 2. The summed E-state index contributed by atoms with van der Waals surface area (Å²) in [5, 5.41) is 57.1. The highest BCUT2D eigenvalue weighted by atomic mass is 16.4.